The summed E-state index contributed by atoms with van der Waals surface area (Å²) >= 11 is 0. The third-order valence-electron chi connectivity index (χ3n) is 4.89. The highest BCUT2D eigenvalue weighted by Crippen LogP contribution is 2.31. The van der Waals surface area contributed by atoms with E-state index < -0.39 is 0 Å². The Morgan fingerprint density at radius 1 is 1.10 bits per heavy atom. The maximum Gasteiger partial charge on any atom is 0.265 e. The summed E-state index contributed by atoms with van der Waals surface area (Å²) < 4.78 is 13.8. The van der Waals surface area contributed by atoms with Crippen LogP contribution in [-0.2, 0) is 7.05 Å². The molecule has 2 aromatic heterocycles. The molecular formula is C23H19N5O3. The molecule has 0 atom stereocenters. The van der Waals surface area contributed by atoms with Crippen LogP contribution in [0.15, 0.2) is 66.1 Å². The summed E-state index contributed by atoms with van der Waals surface area (Å²) in [6, 6.07) is 10.8. The first kappa shape index (κ1) is 19.9. The number of hydrogen-bond acceptors (Lipinski definition) is 5. The molecule has 4 rings (SSSR count). The molecule has 31 heavy (non-hydrogen) atoms. The van der Waals surface area contributed by atoms with Crippen LogP contribution in [0.3, 0.4) is 0 Å². The summed E-state index contributed by atoms with van der Waals surface area (Å²) in [5.74, 6) is 1.21. The number of rotatable bonds is 5. The highest BCUT2D eigenvalue weighted by Gasteiger charge is 2.13. The van der Waals surface area contributed by atoms with Crippen molar-refractivity contribution in [1.82, 2.24) is 19.3 Å². The molecule has 0 aliphatic carbocycles. The van der Waals surface area contributed by atoms with Gasteiger partial charge in [0.15, 0.2) is 6.20 Å². The van der Waals surface area contributed by atoms with Crippen molar-refractivity contribution in [2.45, 2.75) is 0 Å². The van der Waals surface area contributed by atoms with Crippen molar-refractivity contribution in [3.05, 3.63) is 94.2 Å². The Balaban J connectivity index is 1.90. The summed E-state index contributed by atoms with van der Waals surface area (Å²) in [7, 11) is 4.92. The minimum atomic E-state index is -0.217. The minimum Gasteiger partial charge on any atom is -0.497 e. The van der Waals surface area contributed by atoms with Crippen LogP contribution in [0.25, 0.3) is 27.0 Å². The predicted molar refractivity (Wildman–Crippen MR) is 117 cm³/mol. The van der Waals surface area contributed by atoms with Gasteiger partial charge in [0.25, 0.3) is 5.56 Å². The number of fused-ring (bicyclic) bond motifs is 1. The fourth-order valence-corrected chi connectivity index (χ4v) is 3.35. The zero-order chi connectivity index (χ0) is 22.0. The lowest BCUT2D eigenvalue weighted by Crippen LogP contribution is -2.18. The largest absolute Gasteiger partial charge is 0.497 e. The Kier molecular flexibility index (Phi) is 5.24. The van der Waals surface area contributed by atoms with E-state index in [1.165, 1.54) is 17.1 Å². The number of aromatic nitrogens is 4. The molecule has 0 aliphatic heterocycles. The standard InChI is InChI=1S/C23H19N5O3/c1-24-12-21(16-7-18(30-3)10-19(8-16)31-4)15-5-6-22-20(9-15)23(29)28(14-25-22)17-11-26-27(2)13-17/h5-14H,2-4H3/b21-12-. The van der Waals surface area contributed by atoms with Crippen molar-refractivity contribution >= 4 is 16.5 Å². The maximum atomic E-state index is 13.2. The van der Waals surface area contributed by atoms with E-state index in [-0.39, 0.29) is 5.56 Å². The van der Waals surface area contributed by atoms with Crippen LogP contribution in [0.5, 0.6) is 11.5 Å². The first-order chi connectivity index (χ1) is 15.0. The number of methoxy groups -OCH3 is 2. The van der Waals surface area contributed by atoms with Crippen LogP contribution in [0.2, 0.25) is 0 Å². The number of nitrogens with zero attached hydrogens (tertiary/aromatic N) is 5. The number of ether oxygens (including phenoxy) is 2. The van der Waals surface area contributed by atoms with Gasteiger partial charge in [-0.15, -0.1) is 0 Å². The summed E-state index contributed by atoms with van der Waals surface area (Å²) in [5.41, 5.74) is 3.07. The van der Waals surface area contributed by atoms with Gasteiger partial charge in [0.1, 0.15) is 17.8 Å². The summed E-state index contributed by atoms with van der Waals surface area (Å²) in [4.78, 5) is 21.0. The van der Waals surface area contributed by atoms with E-state index in [1.54, 1.807) is 56.5 Å². The average molecular weight is 413 g/mol. The van der Waals surface area contributed by atoms with E-state index >= 15 is 0 Å². The first-order valence-electron chi connectivity index (χ1n) is 9.35. The van der Waals surface area contributed by atoms with Crippen molar-refractivity contribution in [3.63, 3.8) is 0 Å². The predicted octanol–water partition coefficient (Wildman–Crippen LogP) is 3.44. The van der Waals surface area contributed by atoms with Crippen LogP contribution in [0.1, 0.15) is 11.1 Å². The van der Waals surface area contributed by atoms with Gasteiger partial charge in [-0.25, -0.2) is 9.83 Å². The van der Waals surface area contributed by atoms with Crippen molar-refractivity contribution in [2.75, 3.05) is 14.2 Å². The molecule has 8 heteroatoms. The van der Waals surface area contributed by atoms with Gasteiger partial charge in [0.2, 0.25) is 0 Å². The number of aryl methyl sites for hydroxylation is 1. The van der Waals surface area contributed by atoms with Gasteiger partial charge in [-0.2, -0.15) is 5.10 Å². The van der Waals surface area contributed by atoms with Gasteiger partial charge in [0.05, 0.1) is 43.6 Å². The third-order valence-corrected chi connectivity index (χ3v) is 4.89. The zero-order valence-corrected chi connectivity index (χ0v) is 17.2. The van der Waals surface area contributed by atoms with E-state index in [4.69, 9.17) is 16.0 Å². The van der Waals surface area contributed by atoms with Gasteiger partial charge in [-0.3, -0.25) is 14.0 Å². The first-order valence-corrected chi connectivity index (χ1v) is 9.35. The second kappa shape index (κ2) is 8.16. The Bertz CT molecular complexity index is 1390. The maximum absolute atomic E-state index is 13.2. The van der Waals surface area contributed by atoms with E-state index in [2.05, 4.69) is 14.9 Å². The molecule has 0 unspecified atom stereocenters. The quantitative estimate of drug-likeness (QED) is 0.469. The molecule has 2 heterocycles. The van der Waals surface area contributed by atoms with Crippen LogP contribution >= 0.6 is 0 Å². The Labute approximate surface area is 178 Å². The van der Waals surface area contributed by atoms with Gasteiger partial charge in [-0.1, -0.05) is 6.07 Å². The molecule has 0 N–H and O–H groups in total. The van der Waals surface area contributed by atoms with Crippen LogP contribution < -0.4 is 15.0 Å². The Hall–Kier alpha value is -4.38. The van der Waals surface area contributed by atoms with Crippen molar-refractivity contribution < 1.29 is 9.47 Å². The highest BCUT2D eigenvalue weighted by molar-refractivity contribution is 5.88. The minimum absolute atomic E-state index is 0.217. The lowest BCUT2D eigenvalue weighted by atomic mass is 9.97. The van der Waals surface area contributed by atoms with Crippen molar-refractivity contribution in [3.8, 4) is 17.2 Å². The van der Waals surface area contributed by atoms with Crippen LogP contribution in [0, 0.1) is 6.57 Å². The lowest BCUT2D eigenvalue weighted by molar-refractivity contribution is 0.394. The molecule has 0 amide bonds. The van der Waals surface area contributed by atoms with Gasteiger partial charge in [0, 0.05) is 19.3 Å². The second-order valence-corrected chi connectivity index (χ2v) is 6.80. The fraction of sp³-hybridized carbons (Fsp3) is 0.130. The van der Waals surface area contributed by atoms with Crippen LogP contribution in [-0.4, -0.2) is 33.6 Å². The third kappa shape index (κ3) is 3.76. The van der Waals surface area contributed by atoms with Gasteiger partial charge in [-0.05, 0) is 41.0 Å². The monoisotopic (exact) mass is 413 g/mol. The second-order valence-electron chi connectivity index (χ2n) is 6.80. The lowest BCUT2D eigenvalue weighted by Gasteiger charge is -2.13. The van der Waals surface area contributed by atoms with E-state index in [0.29, 0.717) is 39.2 Å². The molecule has 0 fully saturated rings. The normalized spacial score (nSPS) is 11.4. The van der Waals surface area contributed by atoms with E-state index in [0.717, 1.165) is 5.56 Å². The molecule has 0 radical (unpaired) electrons. The van der Waals surface area contributed by atoms with E-state index in [9.17, 15) is 4.79 Å². The summed E-state index contributed by atoms with van der Waals surface area (Å²) in [5, 5.41) is 4.56. The Morgan fingerprint density at radius 3 is 2.45 bits per heavy atom. The van der Waals surface area contributed by atoms with Gasteiger partial charge < -0.3 is 9.47 Å². The summed E-state index contributed by atoms with van der Waals surface area (Å²) in [6.45, 7) is 7.38. The topological polar surface area (TPSA) is 75.5 Å². The zero-order valence-electron chi connectivity index (χ0n) is 17.2. The summed E-state index contributed by atoms with van der Waals surface area (Å²) in [6.07, 6.45) is 6.26. The molecule has 2 aromatic carbocycles. The Morgan fingerprint density at radius 2 is 1.84 bits per heavy atom. The molecular weight excluding hydrogens is 394 g/mol. The molecule has 0 aliphatic rings. The highest BCUT2D eigenvalue weighted by atomic mass is 16.5. The molecule has 0 bridgehead atoms. The number of hydrogen-bond donors (Lipinski definition) is 0. The van der Waals surface area contributed by atoms with Crippen LogP contribution in [0.4, 0.5) is 0 Å². The SMILES string of the molecule is [C-]#[N+]/C=C(\c1cc(OC)cc(OC)c1)c1ccc2ncn(-c3cnn(C)c3)c(=O)c2c1. The molecule has 154 valence electrons. The van der Waals surface area contributed by atoms with Crippen molar-refractivity contribution in [2.24, 2.45) is 7.05 Å². The smallest absolute Gasteiger partial charge is 0.265 e. The number of benzene rings is 2. The molecule has 0 saturated carbocycles. The molecule has 0 saturated heterocycles. The fourth-order valence-electron chi connectivity index (χ4n) is 3.35. The molecule has 4 aromatic rings. The average Bonchev–Trinajstić information content (AvgIpc) is 3.23. The van der Waals surface area contributed by atoms with E-state index in [1.807, 2.05) is 18.2 Å². The molecule has 8 nitrogen and oxygen atoms in total. The molecule has 0 spiro atoms. The van der Waals surface area contributed by atoms with Crippen molar-refractivity contribution in [1.29, 1.82) is 0 Å². The van der Waals surface area contributed by atoms with Gasteiger partial charge >= 0.3 is 0 Å².